The van der Waals surface area contributed by atoms with E-state index in [0.29, 0.717) is 23.5 Å². The molecule has 0 saturated heterocycles. The van der Waals surface area contributed by atoms with Crippen molar-refractivity contribution in [3.8, 4) is 5.75 Å². The second-order valence-corrected chi connectivity index (χ2v) is 5.08. The molecular formula is C18H19FN2O3. The molecule has 0 aliphatic carbocycles. The van der Waals surface area contributed by atoms with Crippen LogP contribution in [-0.2, 0) is 16.0 Å². The number of benzene rings is 2. The fraction of sp³-hybridized carbons (Fsp3) is 0.222. The Bertz CT molecular complexity index is 702. The molecule has 2 rings (SSSR count). The lowest BCUT2D eigenvalue weighted by Crippen LogP contribution is -2.28. The Balaban J connectivity index is 1.86. The molecule has 0 heterocycles. The second kappa shape index (κ2) is 8.67. The van der Waals surface area contributed by atoms with Gasteiger partial charge in [-0.1, -0.05) is 18.2 Å². The van der Waals surface area contributed by atoms with Crippen LogP contribution in [0.2, 0.25) is 0 Å². The molecule has 0 aliphatic heterocycles. The molecule has 0 saturated carbocycles. The number of amides is 2. The van der Waals surface area contributed by atoms with Crippen LogP contribution in [0, 0.1) is 5.82 Å². The Kier molecular flexibility index (Phi) is 6.31. The first kappa shape index (κ1) is 17.5. The van der Waals surface area contributed by atoms with Crippen LogP contribution in [0.25, 0.3) is 0 Å². The van der Waals surface area contributed by atoms with E-state index in [0.717, 1.165) is 0 Å². The van der Waals surface area contributed by atoms with Gasteiger partial charge in [0.25, 0.3) is 5.91 Å². The van der Waals surface area contributed by atoms with Gasteiger partial charge in [-0.3, -0.25) is 9.59 Å². The summed E-state index contributed by atoms with van der Waals surface area (Å²) in [6.07, 6.45) is -0.0396. The normalized spacial score (nSPS) is 10.1. The summed E-state index contributed by atoms with van der Waals surface area (Å²) in [4.78, 5) is 23.3. The van der Waals surface area contributed by atoms with Gasteiger partial charge in [0.2, 0.25) is 5.91 Å². The van der Waals surface area contributed by atoms with Crippen molar-refractivity contribution in [2.24, 2.45) is 0 Å². The maximum atomic E-state index is 13.5. The Morgan fingerprint density at radius 1 is 1.04 bits per heavy atom. The van der Waals surface area contributed by atoms with E-state index in [2.05, 4.69) is 10.6 Å². The molecule has 0 aromatic heterocycles. The van der Waals surface area contributed by atoms with Crippen LogP contribution in [0.15, 0.2) is 48.5 Å². The largest absolute Gasteiger partial charge is 0.484 e. The number of carbonyl (C=O) groups is 2. The molecule has 0 fully saturated rings. The van der Waals surface area contributed by atoms with E-state index in [9.17, 15) is 14.0 Å². The lowest BCUT2D eigenvalue weighted by molar-refractivity contribution is -0.123. The fourth-order valence-electron chi connectivity index (χ4n) is 2.05. The van der Waals surface area contributed by atoms with E-state index in [-0.39, 0.29) is 24.8 Å². The average Bonchev–Trinajstić information content (AvgIpc) is 2.57. The van der Waals surface area contributed by atoms with Crippen LogP contribution in [0.3, 0.4) is 0 Å². The molecular weight excluding hydrogens is 311 g/mol. The molecule has 6 heteroatoms. The number of likely N-dealkylation sites (N-methyl/N-ethyl adjacent to an activating group) is 1. The van der Waals surface area contributed by atoms with Gasteiger partial charge in [0.1, 0.15) is 11.6 Å². The minimum atomic E-state index is -0.401. The highest BCUT2D eigenvalue weighted by molar-refractivity contribution is 5.92. The van der Waals surface area contributed by atoms with Gasteiger partial charge in [-0.05, 0) is 42.8 Å². The van der Waals surface area contributed by atoms with Crippen LogP contribution < -0.4 is 15.4 Å². The predicted molar refractivity (Wildman–Crippen MR) is 89.4 cm³/mol. The van der Waals surface area contributed by atoms with Gasteiger partial charge in [0, 0.05) is 12.2 Å². The molecule has 0 aliphatic rings. The van der Waals surface area contributed by atoms with Gasteiger partial charge in [-0.2, -0.15) is 0 Å². The van der Waals surface area contributed by atoms with E-state index in [1.165, 1.54) is 6.07 Å². The highest BCUT2D eigenvalue weighted by Gasteiger charge is 2.08. The second-order valence-electron chi connectivity index (χ2n) is 5.08. The monoisotopic (exact) mass is 330 g/mol. The quantitative estimate of drug-likeness (QED) is 0.820. The zero-order valence-corrected chi connectivity index (χ0v) is 13.3. The lowest BCUT2D eigenvalue weighted by Gasteiger charge is -2.08. The maximum Gasteiger partial charge on any atom is 0.257 e. The van der Waals surface area contributed by atoms with Gasteiger partial charge in [-0.15, -0.1) is 0 Å². The number of rotatable bonds is 7. The van der Waals surface area contributed by atoms with E-state index in [1.807, 2.05) is 6.92 Å². The molecule has 0 spiro atoms. The molecule has 2 aromatic carbocycles. The van der Waals surface area contributed by atoms with Gasteiger partial charge in [0.05, 0.1) is 6.42 Å². The third-order valence-electron chi connectivity index (χ3n) is 3.19. The highest BCUT2D eigenvalue weighted by Crippen LogP contribution is 2.16. The number of hydrogen-bond acceptors (Lipinski definition) is 3. The molecule has 0 atom stereocenters. The summed E-state index contributed by atoms with van der Waals surface area (Å²) in [5.41, 5.74) is 0.915. The molecule has 5 nitrogen and oxygen atoms in total. The number of carbonyl (C=O) groups excluding carboxylic acids is 2. The number of halogens is 1. The predicted octanol–water partition coefficient (Wildman–Crippen LogP) is 2.52. The van der Waals surface area contributed by atoms with Gasteiger partial charge in [-0.25, -0.2) is 4.39 Å². The number of anilines is 1. The van der Waals surface area contributed by atoms with Gasteiger partial charge in [0.15, 0.2) is 6.61 Å². The summed E-state index contributed by atoms with van der Waals surface area (Å²) >= 11 is 0. The van der Waals surface area contributed by atoms with Gasteiger partial charge >= 0.3 is 0 Å². The number of nitrogens with one attached hydrogen (secondary N) is 2. The summed E-state index contributed by atoms with van der Waals surface area (Å²) in [5, 5.41) is 5.32. The van der Waals surface area contributed by atoms with Crippen molar-refractivity contribution in [2.75, 3.05) is 18.5 Å². The summed E-state index contributed by atoms with van der Waals surface area (Å²) in [5.74, 6) is -0.383. The molecule has 0 bridgehead atoms. The SMILES string of the molecule is CCNC(=O)COc1ccc(NC(=O)Cc2ccccc2F)cc1. The Hall–Kier alpha value is -2.89. The first-order valence-corrected chi connectivity index (χ1v) is 7.61. The Labute approximate surface area is 139 Å². The molecule has 2 aromatic rings. The topological polar surface area (TPSA) is 67.4 Å². The van der Waals surface area contributed by atoms with Gasteiger partial charge < -0.3 is 15.4 Å². The molecule has 0 radical (unpaired) electrons. The standard InChI is InChI=1S/C18H19FN2O3/c1-2-20-18(23)12-24-15-9-7-14(8-10-15)21-17(22)11-13-5-3-4-6-16(13)19/h3-10H,2,11-12H2,1H3,(H,20,23)(H,21,22). The van der Waals surface area contributed by atoms with Crippen LogP contribution in [0.4, 0.5) is 10.1 Å². The summed E-state index contributed by atoms with van der Waals surface area (Å²) in [6, 6.07) is 12.8. The van der Waals surface area contributed by atoms with Crippen molar-refractivity contribution >= 4 is 17.5 Å². The van der Waals surface area contributed by atoms with E-state index >= 15 is 0 Å². The van der Waals surface area contributed by atoms with Crippen LogP contribution in [-0.4, -0.2) is 25.0 Å². The average molecular weight is 330 g/mol. The molecule has 0 unspecified atom stereocenters. The Morgan fingerprint density at radius 2 is 1.75 bits per heavy atom. The van der Waals surface area contributed by atoms with E-state index < -0.39 is 5.82 Å². The first-order valence-electron chi connectivity index (χ1n) is 7.61. The zero-order valence-electron chi connectivity index (χ0n) is 13.3. The number of ether oxygens (including phenoxy) is 1. The zero-order chi connectivity index (χ0) is 17.4. The molecule has 24 heavy (non-hydrogen) atoms. The van der Waals surface area contributed by atoms with Crippen LogP contribution >= 0.6 is 0 Å². The molecule has 2 amide bonds. The summed E-state index contributed by atoms with van der Waals surface area (Å²) in [7, 11) is 0. The van der Waals surface area contributed by atoms with Crippen molar-refractivity contribution in [3.05, 3.63) is 59.9 Å². The first-order chi connectivity index (χ1) is 11.6. The minimum Gasteiger partial charge on any atom is -0.484 e. The van der Waals surface area contributed by atoms with Crippen molar-refractivity contribution in [1.29, 1.82) is 0 Å². The van der Waals surface area contributed by atoms with E-state index in [4.69, 9.17) is 4.74 Å². The van der Waals surface area contributed by atoms with Crippen molar-refractivity contribution < 1.29 is 18.7 Å². The lowest BCUT2D eigenvalue weighted by atomic mass is 10.1. The third-order valence-corrected chi connectivity index (χ3v) is 3.19. The highest BCUT2D eigenvalue weighted by atomic mass is 19.1. The Morgan fingerprint density at radius 3 is 2.42 bits per heavy atom. The minimum absolute atomic E-state index is 0.0396. The number of hydrogen-bond donors (Lipinski definition) is 2. The molecule has 2 N–H and O–H groups in total. The molecule has 126 valence electrons. The summed E-state index contributed by atoms with van der Waals surface area (Å²) < 4.78 is 18.8. The third kappa shape index (κ3) is 5.39. The maximum absolute atomic E-state index is 13.5. The summed E-state index contributed by atoms with van der Waals surface area (Å²) in [6.45, 7) is 2.32. The van der Waals surface area contributed by atoms with Crippen molar-refractivity contribution in [3.63, 3.8) is 0 Å². The van der Waals surface area contributed by atoms with Crippen molar-refractivity contribution in [1.82, 2.24) is 5.32 Å². The van der Waals surface area contributed by atoms with Crippen LogP contribution in [0.5, 0.6) is 5.75 Å². The fourth-order valence-corrected chi connectivity index (χ4v) is 2.05. The van der Waals surface area contributed by atoms with Crippen molar-refractivity contribution in [2.45, 2.75) is 13.3 Å². The van der Waals surface area contributed by atoms with E-state index in [1.54, 1.807) is 42.5 Å². The smallest absolute Gasteiger partial charge is 0.257 e. The van der Waals surface area contributed by atoms with Crippen LogP contribution in [0.1, 0.15) is 12.5 Å².